The Labute approximate surface area is 222 Å². The first-order valence-corrected chi connectivity index (χ1v) is 12.6. The third-order valence-electron chi connectivity index (χ3n) is 6.32. The van der Waals surface area contributed by atoms with Crippen molar-refractivity contribution in [3.8, 4) is 5.75 Å². The molecule has 6 nitrogen and oxygen atoms in total. The third kappa shape index (κ3) is 6.21. The number of carbonyl (C=O) groups is 2. The molecule has 0 spiro atoms. The van der Waals surface area contributed by atoms with Crippen molar-refractivity contribution >= 4 is 29.1 Å². The molecule has 7 heteroatoms. The Bertz CT molecular complexity index is 1320. The van der Waals surface area contributed by atoms with E-state index in [9.17, 15) is 14.7 Å². The first-order valence-electron chi connectivity index (χ1n) is 12.2. The van der Waals surface area contributed by atoms with Crippen LogP contribution in [0.5, 0.6) is 5.75 Å². The fraction of sp³-hybridized carbons (Fsp3) is 0.267. The lowest BCUT2D eigenvalue weighted by Crippen LogP contribution is -2.32. The highest BCUT2D eigenvalue weighted by atomic mass is 35.5. The molecule has 0 saturated carbocycles. The monoisotopic (exact) mass is 518 g/mol. The molecule has 0 radical (unpaired) electrons. The van der Waals surface area contributed by atoms with Crippen molar-refractivity contribution in [2.24, 2.45) is 0 Å². The number of benzene rings is 3. The molecule has 0 unspecified atom stereocenters. The van der Waals surface area contributed by atoms with Crippen molar-refractivity contribution in [1.29, 1.82) is 0 Å². The van der Waals surface area contributed by atoms with Gasteiger partial charge in [0.2, 0.25) is 0 Å². The molecule has 4 rings (SSSR count). The summed E-state index contributed by atoms with van der Waals surface area (Å²) in [6.45, 7) is 3.58. The van der Waals surface area contributed by atoms with Crippen molar-refractivity contribution in [2.45, 2.75) is 26.0 Å². The number of aliphatic hydroxyl groups is 1. The van der Waals surface area contributed by atoms with Crippen LogP contribution in [0, 0.1) is 6.92 Å². The van der Waals surface area contributed by atoms with Gasteiger partial charge in [-0.3, -0.25) is 9.59 Å². The first kappa shape index (κ1) is 26.5. The standard InChI is InChI=1S/C30H31ClN2O4/c1-20-7-4-8-21(17-20)19-37-25-13-11-22(12-14-25)28(34)26-27(23-9-5-10-24(31)18-23)33(30(36)29(26)35)16-6-15-32(2)3/h4-5,7-14,17-18,27,34H,6,15-16,19H2,1-3H3/b28-26+/t27-/m0/s1. The number of hydrogen-bond acceptors (Lipinski definition) is 5. The van der Waals surface area contributed by atoms with E-state index in [1.54, 1.807) is 42.5 Å². The predicted octanol–water partition coefficient (Wildman–Crippen LogP) is 5.60. The Balaban J connectivity index is 1.63. The lowest BCUT2D eigenvalue weighted by atomic mass is 9.95. The molecule has 1 saturated heterocycles. The molecule has 1 atom stereocenters. The normalized spacial score (nSPS) is 17.0. The van der Waals surface area contributed by atoms with E-state index in [1.165, 1.54) is 4.90 Å². The number of Topliss-reactive ketones (excluding diaryl/α,β-unsaturated/α-hetero) is 1. The van der Waals surface area contributed by atoms with Crippen molar-refractivity contribution in [1.82, 2.24) is 9.80 Å². The van der Waals surface area contributed by atoms with Crippen molar-refractivity contribution in [3.05, 3.63) is 106 Å². The summed E-state index contributed by atoms with van der Waals surface area (Å²) >= 11 is 6.25. The van der Waals surface area contributed by atoms with E-state index in [0.717, 1.165) is 17.7 Å². The Morgan fingerprint density at radius 1 is 1.03 bits per heavy atom. The summed E-state index contributed by atoms with van der Waals surface area (Å²) in [5.74, 6) is -0.909. The van der Waals surface area contributed by atoms with E-state index in [2.05, 4.69) is 6.07 Å². The maximum absolute atomic E-state index is 13.2. The highest BCUT2D eigenvalue weighted by Gasteiger charge is 2.45. The summed E-state index contributed by atoms with van der Waals surface area (Å²) in [6.07, 6.45) is 0.685. The number of aliphatic hydroxyl groups excluding tert-OH is 1. The van der Waals surface area contributed by atoms with Gasteiger partial charge >= 0.3 is 0 Å². The van der Waals surface area contributed by atoms with E-state index in [4.69, 9.17) is 16.3 Å². The molecule has 1 N–H and O–H groups in total. The molecule has 3 aromatic rings. The van der Waals surface area contributed by atoms with Gasteiger partial charge in [0.25, 0.3) is 11.7 Å². The zero-order chi connectivity index (χ0) is 26.5. The number of nitrogens with zero attached hydrogens (tertiary/aromatic N) is 2. The molecule has 3 aromatic carbocycles. The molecule has 0 aromatic heterocycles. The van der Waals surface area contributed by atoms with Gasteiger partial charge in [0, 0.05) is 17.1 Å². The fourth-order valence-electron chi connectivity index (χ4n) is 4.52. The number of ether oxygens (including phenoxy) is 1. The number of hydrogen-bond donors (Lipinski definition) is 1. The second-order valence-corrected chi connectivity index (χ2v) is 9.94. The summed E-state index contributed by atoms with van der Waals surface area (Å²) in [5.41, 5.74) is 3.39. The van der Waals surface area contributed by atoms with Gasteiger partial charge in [0.1, 0.15) is 18.1 Å². The molecular weight excluding hydrogens is 488 g/mol. The molecule has 1 amide bonds. The molecule has 1 aliphatic heterocycles. The van der Waals surface area contributed by atoms with Crippen LogP contribution in [0.4, 0.5) is 0 Å². The Kier molecular flexibility index (Phi) is 8.31. The predicted molar refractivity (Wildman–Crippen MR) is 146 cm³/mol. The van der Waals surface area contributed by atoms with E-state index in [-0.39, 0.29) is 11.3 Å². The topological polar surface area (TPSA) is 70.1 Å². The maximum Gasteiger partial charge on any atom is 0.295 e. The number of carbonyl (C=O) groups excluding carboxylic acids is 2. The Morgan fingerprint density at radius 2 is 1.76 bits per heavy atom. The van der Waals surface area contributed by atoms with E-state index < -0.39 is 17.7 Å². The van der Waals surface area contributed by atoms with Crippen LogP contribution in [-0.4, -0.2) is 53.8 Å². The largest absolute Gasteiger partial charge is 0.507 e. The van der Waals surface area contributed by atoms with Crippen LogP contribution in [0.1, 0.15) is 34.7 Å². The minimum absolute atomic E-state index is 0.0607. The van der Waals surface area contributed by atoms with E-state index in [1.807, 2.05) is 50.2 Å². The summed E-state index contributed by atoms with van der Waals surface area (Å²) in [7, 11) is 3.91. The summed E-state index contributed by atoms with van der Waals surface area (Å²) in [4.78, 5) is 29.8. The van der Waals surface area contributed by atoms with Gasteiger partial charge in [0.05, 0.1) is 11.6 Å². The van der Waals surface area contributed by atoms with Gasteiger partial charge in [-0.05, 0) is 81.5 Å². The van der Waals surface area contributed by atoms with Crippen molar-refractivity contribution < 1.29 is 19.4 Å². The molecule has 0 aliphatic carbocycles. The summed E-state index contributed by atoms with van der Waals surface area (Å²) in [5, 5.41) is 11.8. The van der Waals surface area contributed by atoms with Gasteiger partial charge in [-0.25, -0.2) is 0 Å². The summed E-state index contributed by atoms with van der Waals surface area (Å²) < 4.78 is 5.88. The van der Waals surface area contributed by atoms with E-state index in [0.29, 0.717) is 41.5 Å². The van der Waals surface area contributed by atoms with E-state index >= 15 is 0 Å². The van der Waals surface area contributed by atoms with Crippen LogP contribution < -0.4 is 4.74 Å². The number of halogens is 1. The minimum Gasteiger partial charge on any atom is -0.507 e. The number of aryl methyl sites for hydroxylation is 1. The Hall–Kier alpha value is -3.61. The number of likely N-dealkylation sites (tertiary alicyclic amines) is 1. The van der Waals surface area contributed by atoms with Crippen molar-refractivity contribution in [3.63, 3.8) is 0 Å². The van der Waals surface area contributed by atoms with Gasteiger partial charge in [0.15, 0.2) is 0 Å². The summed E-state index contributed by atoms with van der Waals surface area (Å²) in [6, 6.07) is 21.3. The number of amides is 1. The smallest absolute Gasteiger partial charge is 0.295 e. The molecule has 1 aliphatic rings. The van der Waals surface area contributed by atoms with Crippen LogP contribution in [-0.2, 0) is 16.2 Å². The molecular formula is C30H31ClN2O4. The van der Waals surface area contributed by atoms with Crippen LogP contribution in [0.25, 0.3) is 5.76 Å². The first-order chi connectivity index (χ1) is 17.7. The molecule has 1 heterocycles. The van der Waals surface area contributed by atoms with Crippen molar-refractivity contribution in [2.75, 3.05) is 27.2 Å². The molecule has 0 bridgehead atoms. The lowest BCUT2D eigenvalue weighted by Gasteiger charge is -2.26. The Morgan fingerprint density at radius 3 is 2.43 bits per heavy atom. The van der Waals surface area contributed by atoms with Crippen LogP contribution in [0.3, 0.4) is 0 Å². The minimum atomic E-state index is -0.724. The zero-order valence-electron chi connectivity index (χ0n) is 21.3. The fourth-order valence-corrected chi connectivity index (χ4v) is 4.72. The maximum atomic E-state index is 13.2. The zero-order valence-corrected chi connectivity index (χ0v) is 22.0. The average Bonchev–Trinajstić information content (AvgIpc) is 3.12. The third-order valence-corrected chi connectivity index (χ3v) is 6.56. The lowest BCUT2D eigenvalue weighted by molar-refractivity contribution is -0.139. The number of rotatable bonds is 9. The second kappa shape index (κ2) is 11.6. The molecule has 1 fully saturated rings. The highest BCUT2D eigenvalue weighted by Crippen LogP contribution is 2.40. The van der Waals surface area contributed by atoms with Crippen LogP contribution >= 0.6 is 11.6 Å². The van der Waals surface area contributed by atoms with Gasteiger partial charge < -0.3 is 19.6 Å². The average molecular weight is 519 g/mol. The number of ketones is 1. The van der Waals surface area contributed by atoms with Crippen LogP contribution in [0.2, 0.25) is 5.02 Å². The van der Waals surface area contributed by atoms with Crippen LogP contribution in [0.15, 0.2) is 78.4 Å². The SMILES string of the molecule is Cc1cccc(COc2ccc(/C(O)=C3\C(=O)C(=O)N(CCCN(C)C)[C@H]3c3cccc(Cl)c3)cc2)c1. The quantitative estimate of drug-likeness (QED) is 0.227. The van der Waals surface area contributed by atoms with Gasteiger partial charge in [-0.15, -0.1) is 0 Å². The molecule has 37 heavy (non-hydrogen) atoms. The second-order valence-electron chi connectivity index (χ2n) is 9.51. The molecule has 192 valence electrons. The van der Waals surface area contributed by atoms with Gasteiger partial charge in [-0.2, -0.15) is 0 Å². The van der Waals surface area contributed by atoms with Gasteiger partial charge in [-0.1, -0.05) is 53.6 Å². The highest BCUT2D eigenvalue weighted by molar-refractivity contribution is 6.46.